The maximum atomic E-state index is 9.91. The number of benzene rings is 1. The Morgan fingerprint density at radius 2 is 1.75 bits per heavy atom. The zero-order valence-corrected chi connectivity index (χ0v) is 12.4. The lowest BCUT2D eigenvalue weighted by Gasteiger charge is -2.38. The zero-order chi connectivity index (χ0) is 13.8. The molecule has 1 aliphatic carbocycles. The van der Waals surface area contributed by atoms with Gasteiger partial charge in [-0.05, 0) is 43.7 Å². The fraction of sp³-hybridized carbons (Fsp3) is 0.667. The number of rotatable bonds is 4. The van der Waals surface area contributed by atoms with Gasteiger partial charge >= 0.3 is 0 Å². The fourth-order valence-corrected chi connectivity index (χ4v) is 4.30. The van der Waals surface area contributed by atoms with Gasteiger partial charge in [-0.2, -0.15) is 0 Å². The minimum Gasteiger partial charge on any atom is -0.394 e. The Labute approximate surface area is 122 Å². The molecular formula is C18H27NO. The summed E-state index contributed by atoms with van der Waals surface area (Å²) in [5.74, 6) is 0.865. The lowest BCUT2D eigenvalue weighted by Crippen LogP contribution is -2.40. The Morgan fingerprint density at radius 3 is 2.45 bits per heavy atom. The normalized spacial score (nSPS) is 26.8. The van der Waals surface area contributed by atoms with Gasteiger partial charge in [-0.15, -0.1) is 0 Å². The summed E-state index contributed by atoms with van der Waals surface area (Å²) in [6.45, 7) is 1.40. The first-order valence-corrected chi connectivity index (χ1v) is 8.31. The predicted molar refractivity (Wildman–Crippen MR) is 82.6 cm³/mol. The number of aliphatic hydroxyl groups is 1. The molecule has 0 bridgehead atoms. The summed E-state index contributed by atoms with van der Waals surface area (Å²) in [5.41, 5.74) is 1.28. The quantitative estimate of drug-likeness (QED) is 0.903. The van der Waals surface area contributed by atoms with Crippen LogP contribution in [0.4, 0.5) is 0 Å². The number of hydrogen-bond donors (Lipinski definition) is 1. The molecule has 20 heavy (non-hydrogen) atoms. The maximum absolute atomic E-state index is 9.91. The number of likely N-dealkylation sites (tertiary alicyclic amines) is 1. The molecule has 1 N–H and O–H groups in total. The smallest absolute Gasteiger partial charge is 0.0628 e. The Hall–Kier alpha value is -0.860. The minimum absolute atomic E-state index is 0.200. The molecule has 2 aliphatic rings. The summed E-state index contributed by atoms with van der Waals surface area (Å²) in [6.07, 6.45) is 9.65. The van der Waals surface area contributed by atoms with Crippen LogP contribution in [0.2, 0.25) is 0 Å². The van der Waals surface area contributed by atoms with E-state index >= 15 is 0 Å². The molecule has 1 saturated heterocycles. The van der Waals surface area contributed by atoms with Crippen LogP contribution in [-0.4, -0.2) is 29.2 Å². The number of hydrogen-bond acceptors (Lipinski definition) is 2. The summed E-state index contributed by atoms with van der Waals surface area (Å²) in [5, 5.41) is 9.91. The SMILES string of the molecule is OC[C@H](c1ccccc1)N1CCC[C@@H]1C1CCCCC1. The van der Waals surface area contributed by atoms with Gasteiger partial charge in [0.2, 0.25) is 0 Å². The number of nitrogens with zero attached hydrogens (tertiary/aromatic N) is 1. The molecule has 1 aliphatic heterocycles. The Balaban J connectivity index is 1.76. The lowest BCUT2D eigenvalue weighted by molar-refractivity contribution is 0.0741. The lowest BCUT2D eigenvalue weighted by atomic mass is 9.82. The standard InChI is InChI=1S/C18H27NO/c20-14-18(16-10-5-2-6-11-16)19-13-7-12-17(19)15-8-3-1-4-9-15/h2,5-6,10-11,15,17-18,20H,1,3-4,7-9,12-14H2/t17-,18-/m1/s1. The molecule has 1 saturated carbocycles. The van der Waals surface area contributed by atoms with E-state index in [1.807, 2.05) is 0 Å². The van der Waals surface area contributed by atoms with Crippen LogP contribution < -0.4 is 0 Å². The summed E-state index contributed by atoms with van der Waals surface area (Å²) in [7, 11) is 0. The molecule has 1 heterocycles. The van der Waals surface area contributed by atoms with Crippen LogP contribution in [-0.2, 0) is 0 Å². The van der Waals surface area contributed by atoms with E-state index in [1.165, 1.54) is 50.5 Å². The molecule has 3 rings (SSSR count). The predicted octanol–water partition coefficient (Wildman–Crippen LogP) is 3.76. The number of aliphatic hydroxyl groups excluding tert-OH is 1. The first kappa shape index (κ1) is 14.1. The monoisotopic (exact) mass is 273 g/mol. The van der Waals surface area contributed by atoms with E-state index < -0.39 is 0 Å². The van der Waals surface area contributed by atoms with E-state index in [2.05, 4.69) is 35.2 Å². The Bertz CT molecular complexity index is 399. The molecule has 1 aromatic carbocycles. The van der Waals surface area contributed by atoms with Gasteiger partial charge in [0.15, 0.2) is 0 Å². The van der Waals surface area contributed by atoms with Gasteiger partial charge in [0.25, 0.3) is 0 Å². The van der Waals surface area contributed by atoms with Crippen molar-refractivity contribution in [3.8, 4) is 0 Å². The Morgan fingerprint density at radius 1 is 1.00 bits per heavy atom. The van der Waals surface area contributed by atoms with Crippen molar-refractivity contribution in [2.45, 2.75) is 57.0 Å². The van der Waals surface area contributed by atoms with E-state index in [4.69, 9.17) is 0 Å². The highest BCUT2D eigenvalue weighted by molar-refractivity contribution is 5.20. The van der Waals surface area contributed by atoms with Crippen LogP contribution in [0.15, 0.2) is 30.3 Å². The summed E-state index contributed by atoms with van der Waals surface area (Å²) in [4.78, 5) is 2.60. The van der Waals surface area contributed by atoms with Gasteiger partial charge in [0.05, 0.1) is 12.6 Å². The first-order chi connectivity index (χ1) is 9.90. The molecule has 2 nitrogen and oxygen atoms in total. The summed E-state index contributed by atoms with van der Waals surface area (Å²) in [6, 6.07) is 11.5. The summed E-state index contributed by atoms with van der Waals surface area (Å²) < 4.78 is 0. The van der Waals surface area contributed by atoms with Gasteiger partial charge in [0, 0.05) is 6.04 Å². The molecule has 2 heteroatoms. The third-order valence-corrected chi connectivity index (χ3v) is 5.29. The topological polar surface area (TPSA) is 23.5 Å². The second-order valence-electron chi connectivity index (χ2n) is 6.45. The van der Waals surface area contributed by atoms with Crippen molar-refractivity contribution < 1.29 is 5.11 Å². The summed E-state index contributed by atoms with van der Waals surface area (Å²) >= 11 is 0. The van der Waals surface area contributed by atoms with Crippen molar-refractivity contribution in [1.82, 2.24) is 4.90 Å². The highest BCUT2D eigenvalue weighted by Gasteiger charge is 2.36. The third kappa shape index (κ3) is 2.91. The zero-order valence-electron chi connectivity index (χ0n) is 12.4. The molecule has 110 valence electrons. The van der Waals surface area contributed by atoms with E-state index in [-0.39, 0.29) is 12.6 Å². The molecule has 1 aromatic rings. The van der Waals surface area contributed by atoms with Crippen molar-refractivity contribution in [2.75, 3.05) is 13.2 Å². The minimum atomic E-state index is 0.200. The van der Waals surface area contributed by atoms with Gasteiger partial charge in [-0.1, -0.05) is 49.6 Å². The van der Waals surface area contributed by atoms with Gasteiger partial charge in [0.1, 0.15) is 0 Å². The molecular weight excluding hydrogens is 246 g/mol. The molecule has 0 amide bonds. The molecule has 0 spiro atoms. The molecule has 2 fully saturated rings. The first-order valence-electron chi connectivity index (χ1n) is 8.31. The van der Waals surface area contributed by atoms with Crippen molar-refractivity contribution in [1.29, 1.82) is 0 Å². The van der Waals surface area contributed by atoms with Crippen molar-refractivity contribution in [3.63, 3.8) is 0 Å². The van der Waals surface area contributed by atoms with Gasteiger partial charge in [-0.3, -0.25) is 4.90 Å². The van der Waals surface area contributed by atoms with Crippen molar-refractivity contribution >= 4 is 0 Å². The average molecular weight is 273 g/mol. The second kappa shape index (κ2) is 6.73. The highest BCUT2D eigenvalue weighted by Crippen LogP contribution is 2.38. The van der Waals surface area contributed by atoms with Crippen LogP contribution >= 0.6 is 0 Å². The van der Waals surface area contributed by atoms with Crippen molar-refractivity contribution in [3.05, 3.63) is 35.9 Å². The van der Waals surface area contributed by atoms with Gasteiger partial charge < -0.3 is 5.11 Å². The van der Waals surface area contributed by atoms with Crippen LogP contribution in [0.5, 0.6) is 0 Å². The van der Waals surface area contributed by atoms with Gasteiger partial charge in [-0.25, -0.2) is 0 Å². The fourth-order valence-electron chi connectivity index (χ4n) is 4.30. The van der Waals surface area contributed by atoms with Crippen molar-refractivity contribution in [2.24, 2.45) is 5.92 Å². The van der Waals surface area contributed by atoms with E-state index in [9.17, 15) is 5.11 Å². The molecule has 2 atom stereocenters. The second-order valence-corrected chi connectivity index (χ2v) is 6.45. The third-order valence-electron chi connectivity index (χ3n) is 5.29. The highest BCUT2D eigenvalue weighted by atomic mass is 16.3. The molecule has 0 aromatic heterocycles. The van der Waals surface area contributed by atoms with E-state index in [0.29, 0.717) is 6.04 Å². The largest absolute Gasteiger partial charge is 0.394 e. The molecule has 0 radical (unpaired) electrons. The van der Waals surface area contributed by atoms with E-state index in [0.717, 1.165) is 12.5 Å². The van der Waals surface area contributed by atoms with Crippen LogP contribution in [0.25, 0.3) is 0 Å². The molecule has 0 unspecified atom stereocenters. The van der Waals surface area contributed by atoms with Crippen LogP contribution in [0, 0.1) is 5.92 Å². The van der Waals surface area contributed by atoms with Crippen LogP contribution in [0.3, 0.4) is 0 Å². The van der Waals surface area contributed by atoms with Crippen LogP contribution in [0.1, 0.15) is 56.6 Å². The van der Waals surface area contributed by atoms with E-state index in [1.54, 1.807) is 0 Å². The Kier molecular flexibility index (Phi) is 4.74. The maximum Gasteiger partial charge on any atom is 0.0628 e. The average Bonchev–Trinajstić information content (AvgIpc) is 2.99.